The quantitative estimate of drug-likeness (QED) is 0.705. The fourth-order valence-electron chi connectivity index (χ4n) is 3.03. The maximum Gasteiger partial charge on any atom is 0.319 e. The number of carbonyl (C=O) groups excluding carboxylic acids is 2. The number of aryl methyl sites for hydroxylation is 1. The molecule has 0 aromatic heterocycles. The second kappa shape index (κ2) is 9.39. The van der Waals surface area contributed by atoms with E-state index in [1.807, 2.05) is 13.0 Å². The van der Waals surface area contributed by atoms with Crippen molar-refractivity contribution < 1.29 is 14.3 Å². The van der Waals surface area contributed by atoms with Crippen molar-refractivity contribution in [3.05, 3.63) is 23.8 Å². The second-order valence-electron chi connectivity index (χ2n) is 6.46. The van der Waals surface area contributed by atoms with Gasteiger partial charge in [-0.3, -0.25) is 4.79 Å². The van der Waals surface area contributed by atoms with Gasteiger partial charge in [0.1, 0.15) is 6.61 Å². The molecule has 1 aliphatic rings. The molecule has 1 fully saturated rings. The van der Waals surface area contributed by atoms with Crippen LogP contribution in [0.5, 0.6) is 0 Å². The van der Waals surface area contributed by atoms with Crippen molar-refractivity contribution in [3.63, 3.8) is 0 Å². The van der Waals surface area contributed by atoms with Gasteiger partial charge >= 0.3 is 6.03 Å². The highest BCUT2D eigenvalue weighted by molar-refractivity contribution is 5.94. The SMILES string of the molecule is COCC(=O)Nc1ccc(C)c(NC(=O)NCCC2CCCN2C)c1. The molecule has 0 saturated carbocycles. The minimum Gasteiger partial charge on any atom is -0.375 e. The van der Waals surface area contributed by atoms with E-state index in [4.69, 9.17) is 4.74 Å². The van der Waals surface area contributed by atoms with Crippen LogP contribution in [0.2, 0.25) is 0 Å². The van der Waals surface area contributed by atoms with E-state index < -0.39 is 0 Å². The molecule has 0 aliphatic carbocycles. The molecule has 1 heterocycles. The van der Waals surface area contributed by atoms with E-state index in [1.54, 1.807) is 12.1 Å². The summed E-state index contributed by atoms with van der Waals surface area (Å²) in [5.41, 5.74) is 2.22. The average molecular weight is 348 g/mol. The summed E-state index contributed by atoms with van der Waals surface area (Å²) in [6.45, 7) is 3.68. The second-order valence-corrected chi connectivity index (χ2v) is 6.46. The van der Waals surface area contributed by atoms with Crippen LogP contribution in [0.25, 0.3) is 0 Å². The predicted octanol–water partition coefficient (Wildman–Crippen LogP) is 2.19. The van der Waals surface area contributed by atoms with Crippen LogP contribution >= 0.6 is 0 Å². The third kappa shape index (κ3) is 6.03. The lowest BCUT2D eigenvalue weighted by Crippen LogP contribution is -2.34. The van der Waals surface area contributed by atoms with E-state index >= 15 is 0 Å². The Hall–Kier alpha value is -2.12. The molecule has 25 heavy (non-hydrogen) atoms. The fraction of sp³-hybridized carbons (Fsp3) is 0.556. The number of nitrogens with one attached hydrogen (secondary N) is 3. The number of benzene rings is 1. The Morgan fingerprint density at radius 1 is 1.32 bits per heavy atom. The minimum atomic E-state index is -0.234. The van der Waals surface area contributed by atoms with Gasteiger partial charge in [0.25, 0.3) is 0 Å². The molecule has 1 aromatic carbocycles. The van der Waals surface area contributed by atoms with E-state index in [2.05, 4.69) is 27.9 Å². The van der Waals surface area contributed by atoms with Gasteiger partial charge in [0.2, 0.25) is 5.91 Å². The van der Waals surface area contributed by atoms with Crippen molar-refractivity contribution in [1.29, 1.82) is 0 Å². The van der Waals surface area contributed by atoms with Crippen molar-refractivity contribution in [2.75, 3.05) is 44.5 Å². The zero-order chi connectivity index (χ0) is 18.2. The van der Waals surface area contributed by atoms with Gasteiger partial charge in [-0.1, -0.05) is 6.07 Å². The number of carbonyl (C=O) groups is 2. The number of methoxy groups -OCH3 is 1. The zero-order valence-electron chi connectivity index (χ0n) is 15.2. The first kappa shape index (κ1) is 19.2. The van der Waals surface area contributed by atoms with Gasteiger partial charge in [-0.2, -0.15) is 0 Å². The van der Waals surface area contributed by atoms with Crippen LogP contribution in [0.4, 0.5) is 16.2 Å². The van der Waals surface area contributed by atoms with Crippen LogP contribution in [0, 0.1) is 6.92 Å². The molecule has 0 spiro atoms. The van der Waals surface area contributed by atoms with Gasteiger partial charge in [0, 0.05) is 31.1 Å². The van der Waals surface area contributed by atoms with Crippen molar-refractivity contribution in [2.45, 2.75) is 32.2 Å². The fourth-order valence-corrected chi connectivity index (χ4v) is 3.03. The number of ether oxygens (including phenoxy) is 1. The third-order valence-electron chi connectivity index (χ3n) is 4.48. The van der Waals surface area contributed by atoms with Gasteiger partial charge in [-0.25, -0.2) is 4.79 Å². The van der Waals surface area contributed by atoms with Crippen LogP contribution in [-0.2, 0) is 9.53 Å². The smallest absolute Gasteiger partial charge is 0.319 e. The van der Waals surface area contributed by atoms with Crippen molar-refractivity contribution in [1.82, 2.24) is 10.2 Å². The summed E-state index contributed by atoms with van der Waals surface area (Å²) in [7, 11) is 3.60. The van der Waals surface area contributed by atoms with E-state index in [0.717, 1.165) is 18.5 Å². The van der Waals surface area contributed by atoms with Gasteiger partial charge < -0.3 is 25.6 Å². The van der Waals surface area contributed by atoms with E-state index in [-0.39, 0.29) is 18.5 Å². The molecule has 3 amide bonds. The summed E-state index contributed by atoms with van der Waals surface area (Å²) in [5, 5.41) is 8.48. The summed E-state index contributed by atoms with van der Waals surface area (Å²) < 4.78 is 4.79. The Morgan fingerprint density at radius 2 is 2.12 bits per heavy atom. The summed E-state index contributed by atoms with van der Waals surface area (Å²) in [5.74, 6) is -0.234. The number of anilines is 2. The van der Waals surface area contributed by atoms with Crippen LogP contribution in [0.3, 0.4) is 0 Å². The van der Waals surface area contributed by atoms with Crippen LogP contribution < -0.4 is 16.0 Å². The lowest BCUT2D eigenvalue weighted by atomic mass is 10.1. The normalized spacial score (nSPS) is 17.3. The van der Waals surface area contributed by atoms with Gasteiger partial charge in [-0.15, -0.1) is 0 Å². The van der Waals surface area contributed by atoms with Crippen LogP contribution in [0.15, 0.2) is 18.2 Å². The maximum atomic E-state index is 12.1. The van der Waals surface area contributed by atoms with Gasteiger partial charge in [0.05, 0.1) is 0 Å². The number of amides is 3. The number of hydrogen-bond donors (Lipinski definition) is 3. The van der Waals surface area contributed by atoms with Gasteiger partial charge in [-0.05, 0) is 57.5 Å². The van der Waals surface area contributed by atoms with Crippen molar-refractivity contribution in [2.24, 2.45) is 0 Å². The monoisotopic (exact) mass is 348 g/mol. The number of likely N-dealkylation sites (tertiary alicyclic amines) is 1. The molecule has 1 unspecified atom stereocenters. The number of nitrogens with zero attached hydrogens (tertiary/aromatic N) is 1. The molecular weight excluding hydrogens is 320 g/mol. The summed E-state index contributed by atoms with van der Waals surface area (Å²) >= 11 is 0. The molecule has 0 radical (unpaired) electrons. The minimum absolute atomic E-state index is 0.00720. The number of rotatable bonds is 7. The topological polar surface area (TPSA) is 82.7 Å². The lowest BCUT2D eigenvalue weighted by molar-refractivity contribution is -0.119. The lowest BCUT2D eigenvalue weighted by Gasteiger charge is -2.19. The molecule has 1 aromatic rings. The van der Waals surface area contributed by atoms with Gasteiger partial charge in [0.15, 0.2) is 0 Å². The Bertz CT molecular complexity index is 606. The standard InChI is InChI=1S/C18H28N4O3/c1-13-6-7-14(20-17(23)12-25-3)11-16(13)21-18(24)19-9-8-15-5-4-10-22(15)2/h6-7,11,15H,4-5,8-10,12H2,1-3H3,(H,20,23)(H2,19,21,24). The maximum absolute atomic E-state index is 12.1. The van der Waals surface area contributed by atoms with E-state index in [0.29, 0.717) is 24.0 Å². The molecule has 138 valence electrons. The number of hydrogen-bond acceptors (Lipinski definition) is 4. The first-order valence-corrected chi connectivity index (χ1v) is 8.64. The Labute approximate surface area is 149 Å². The highest BCUT2D eigenvalue weighted by Crippen LogP contribution is 2.20. The summed E-state index contributed by atoms with van der Waals surface area (Å²) in [6, 6.07) is 5.71. The average Bonchev–Trinajstić information content (AvgIpc) is 2.96. The van der Waals surface area contributed by atoms with Crippen molar-refractivity contribution in [3.8, 4) is 0 Å². The zero-order valence-corrected chi connectivity index (χ0v) is 15.2. The molecule has 3 N–H and O–H groups in total. The number of urea groups is 1. The largest absolute Gasteiger partial charge is 0.375 e. The van der Waals surface area contributed by atoms with E-state index in [1.165, 1.54) is 20.0 Å². The Kier molecular flexibility index (Phi) is 7.21. The van der Waals surface area contributed by atoms with Crippen molar-refractivity contribution >= 4 is 23.3 Å². The molecule has 1 atom stereocenters. The Balaban J connectivity index is 1.83. The first-order chi connectivity index (χ1) is 12.0. The molecule has 7 nitrogen and oxygen atoms in total. The predicted molar refractivity (Wildman–Crippen MR) is 99.0 cm³/mol. The molecule has 1 saturated heterocycles. The van der Waals surface area contributed by atoms with Crippen LogP contribution in [0.1, 0.15) is 24.8 Å². The first-order valence-electron chi connectivity index (χ1n) is 8.64. The van der Waals surface area contributed by atoms with Crippen LogP contribution in [-0.4, -0.2) is 56.7 Å². The molecular formula is C18H28N4O3. The molecule has 7 heteroatoms. The Morgan fingerprint density at radius 3 is 2.80 bits per heavy atom. The summed E-state index contributed by atoms with van der Waals surface area (Å²) in [4.78, 5) is 26.0. The molecule has 0 bridgehead atoms. The third-order valence-corrected chi connectivity index (χ3v) is 4.48. The van der Waals surface area contributed by atoms with E-state index in [9.17, 15) is 9.59 Å². The molecule has 1 aliphatic heterocycles. The highest BCUT2D eigenvalue weighted by atomic mass is 16.5. The summed E-state index contributed by atoms with van der Waals surface area (Å²) in [6.07, 6.45) is 3.38. The molecule has 2 rings (SSSR count). The highest BCUT2D eigenvalue weighted by Gasteiger charge is 2.20.